The van der Waals surface area contributed by atoms with Gasteiger partial charge in [-0.15, -0.1) is 0 Å². The molecule has 0 atom stereocenters. The topological polar surface area (TPSA) is 79.5 Å². The lowest BCUT2D eigenvalue weighted by Gasteiger charge is -2.13. The Hall–Kier alpha value is -3.71. The number of hydrogen-bond acceptors (Lipinski definition) is 4. The number of para-hydroxylation sites is 1. The van der Waals surface area contributed by atoms with E-state index in [0.29, 0.717) is 34.9 Å². The minimum atomic E-state index is -0.370. The first-order chi connectivity index (χ1) is 14.6. The van der Waals surface area contributed by atoms with E-state index < -0.39 is 0 Å². The summed E-state index contributed by atoms with van der Waals surface area (Å²) in [6.45, 7) is 2.30. The van der Waals surface area contributed by atoms with Crippen LogP contribution in [-0.4, -0.2) is 23.5 Å². The van der Waals surface area contributed by atoms with Gasteiger partial charge in [-0.2, -0.15) is 0 Å². The molecule has 3 N–H and O–H groups in total. The van der Waals surface area contributed by atoms with Crippen molar-refractivity contribution in [3.8, 4) is 5.75 Å². The lowest BCUT2D eigenvalue weighted by atomic mass is 10.2. The Morgan fingerprint density at radius 2 is 1.50 bits per heavy atom. The van der Waals surface area contributed by atoms with Crippen molar-refractivity contribution in [2.45, 2.75) is 6.92 Å². The van der Waals surface area contributed by atoms with Crippen LogP contribution in [0, 0.1) is 0 Å². The molecule has 0 saturated carbocycles. The van der Waals surface area contributed by atoms with Crippen LogP contribution < -0.4 is 20.7 Å². The molecule has 0 aliphatic rings. The zero-order chi connectivity index (χ0) is 21.3. The molecule has 30 heavy (non-hydrogen) atoms. The average Bonchev–Trinajstić information content (AvgIpc) is 2.75. The lowest BCUT2D eigenvalue weighted by Crippen LogP contribution is -2.34. The molecule has 0 aliphatic carbocycles. The zero-order valence-corrected chi connectivity index (χ0v) is 17.2. The van der Waals surface area contributed by atoms with Crippen LogP contribution in [0.15, 0.2) is 78.9 Å². The summed E-state index contributed by atoms with van der Waals surface area (Å²) in [5.41, 5.74) is 2.19. The summed E-state index contributed by atoms with van der Waals surface area (Å²) in [5, 5.41) is 8.57. The molecule has 0 heterocycles. The van der Waals surface area contributed by atoms with E-state index in [-0.39, 0.29) is 16.9 Å². The Morgan fingerprint density at radius 1 is 0.833 bits per heavy atom. The SMILES string of the molecule is CCOc1ccccc1C(=O)NC(=S)Nc1cccc(NC(=O)c2ccccc2)c1. The van der Waals surface area contributed by atoms with Crippen molar-refractivity contribution < 1.29 is 14.3 Å². The fourth-order valence-electron chi connectivity index (χ4n) is 2.74. The standard InChI is InChI=1S/C23H21N3O3S/c1-2-29-20-14-7-6-13-19(20)22(28)26-23(30)25-18-12-8-11-17(15-18)24-21(27)16-9-4-3-5-10-16/h3-15H,2H2,1H3,(H,24,27)(H2,25,26,28,30). The van der Waals surface area contributed by atoms with Crippen molar-refractivity contribution in [1.82, 2.24) is 5.32 Å². The highest BCUT2D eigenvalue weighted by atomic mass is 32.1. The molecular weight excluding hydrogens is 398 g/mol. The lowest BCUT2D eigenvalue weighted by molar-refractivity contribution is 0.0972. The first-order valence-electron chi connectivity index (χ1n) is 9.37. The van der Waals surface area contributed by atoms with Gasteiger partial charge in [-0.05, 0) is 61.6 Å². The van der Waals surface area contributed by atoms with Gasteiger partial charge in [0.2, 0.25) is 0 Å². The van der Waals surface area contributed by atoms with Gasteiger partial charge in [0, 0.05) is 16.9 Å². The molecule has 0 aromatic heterocycles. The van der Waals surface area contributed by atoms with Crippen molar-refractivity contribution in [3.63, 3.8) is 0 Å². The molecule has 0 aliphatic heterocycles. The maximum absolute atomic E-state index is 12.5. The monoisotopic (exact) mass is 419 g/mol. The normalized spacial score (nSPS) is 10.0. The minimum absolute atomic E-state index is 0.137. The third-order valence-corrected chi connectivity index (χ3v) is 4.28. The maximum atomic E-state index is 12.5. The van der Waals surface area contributed by atoms with E-state index in [1.807, 2.05) is 13.0 Å². The van der Waals surface area contributed by atoms with E-state index in [2.05, 4.69) is 16.0 Å². The van der Waals surface area contributed by atoms with Crippen LogP contribution in [0.4, 0.5) is 11.4 Å². The number of rotatable bonds is 6. The van der Waals surface area contributed by atoms with Crippen molar-refractivity contribution >= 4 is 40.5 Å². The molecule has 6 nitrogen and oxygen atoms in total. The quantitative estimate of drug-likeness (QED) is 0.514. The number of ether oxygens (including phenoxy) is 1. The number of hydrogen-bond donors (Lipinski definition) is 3. The van der Waals surface area contributed by atoms with E-state index in [4.69, 9.17) is 17.0 Å². The summed E-state index contributed by atoms with van der Waals surface area (Å²) in [5.74, 6) is -0.0906. The van der Waals surface area contributed by atoms with Gasteiger partial charge in [0.05, 0.1) is 12.2 Å². The first kappa shape index (κ1) is 21.0. The van der Waals surface area contributed by atoms with Crippen molar-refractivity contribution in [1.29, 1.82) is 0 Å². The minimum Gasteiger partial charge on any atom is -0.493 e. The van der Waals surface area contributed by atoms with Crippen LogP contribution in [0.5, 0.6) is 5.75 Å². The molecule has 0 fully saturated rings. The van der Waals surface area contributed by atoms with Gasteiger partial charge in [-0.1, -0.05) is 36.4 Å². The van der Waals surface area contributed by atoms with E-state index in [1.165, 1.54) is 0 Å². The van der Waals surface area contributed by atoms with Crippen LogP contribution in [0.3, 0.4) is 0 Å². The molecule has 3 rings (SSSR count). The van der Waals surface area contributed by atoms with Crippen LogP contribution >= 0.6 is 12.2 Å². The molecule has 3 aromatic carbocycles. The Bertz CT molecular complexity index is 1050. The Balaban J connectivity index is 1.63. The molecular formula is C23H21N3O3S. The smallest absolute Gasteiger partial charge is 0.261 e. The van der Waals surface area contributed by atoms with Gasteiger partial charge >= 0.3 is 0 Å². The molecule has 0 bridgehead atoms. The average molecular weight is 420 g/mol. The van der Waals surface area contributed by atoms with Gasteiger partial charge in [0.25, 0.3) is 11.8 Å². The van der Waals surface area contributed by atoms with Crippen molar-refractivity contribution in [2.24, 2.45) is 0 Å². The number of benzene rings is 3. The summed E-state index contributed by atoms with van der Waals surface area (Å²) >= 11 is 5.26. The van der Waals surface area contributed by atoms with Gasteiger partial charge < -0.3 is 15.4 Å². The van der Waals surface area contributed by atoms with Crippen molar-refractivity contribution in [2.75, 3.05) is 17.2 Å². The van der Waals surface area contributed by atoms with Crippen LogP contribution in [0.1, 0.15) is 27.6 Å². The number of carbonyl (C=O) groups is 2. The molecule has 7 heteroatoms. The van der Waals surface area contributed by atoms with Gasteiger partial charge in [-0.25, -0.2) is 0 Å². The van der Waals surface area contributed by atoms with E-state index in [0.717, 1.165) is 0 Å². The van der Waals surface area contributed by atoms with Gasteiger partial charge in [-0.3, -0.25) is 14.9 Å². The second-order valence-electron chi connectivity index (χ2n) is 6.24. The second-order valence-corrected chi connectivity index (χ2v) is 6.65. The highest BCUT2D eigenvalue weighted by Crippen LogP contribution is 2.19. The summed E-state index contributed by atoms with van der Waals surface area (Å²) in [4.78, 5) is 24.8. The summed E-state index contributed by atoms with van der Waals surface area (Å²) in [6.07, 6.45) is 0. The predicted molar refractivity (Wildman–Crippen MR) is 122 cm³/mol. The van der Waals surface area contributed by atoms with E-state index >= 15 is 0 Å². The zero-order valence-electron chi connectivity index (χ0n) is 16.3. The van der Waals surface area contributed by atoms with Crippen molar-refractivity contribution in [3.05, 3.63) is 90.0 Å². The highest BCUT2D eigenvalue weighted by Gasteiger charge is 2.13. The number of thiocarbonyl (C=S) groups is 1. The number of anilines is 2. The third kappa shape index (κ3) is 5.65. The van der Waals surface area contributed by atoms with Crippen LogP contribution in [-0.2, 0) is 0 Å². The molecule has 0 spiro atoms. The summed E-state index contributed by atoms with van der Waals surface area (Å²) < 4.78 is 5.48. The molecule has 0 saturated heterocycles. The molecule has 0 unspecified atom stereocenters. The number of amides is 2. The Labute approximate surface area is 180 Å². The fraction of sp³-hybridized carbons (Fsp3) is 0.0870. The van der Waals surface area contributed by atoms with Gasteiger partial charge in [0.15, 0.2) is 5.11 Å². The second kappa shape index (κ2) is 10.2. The molecule has 3 aromatic rings. The molecule has 0 radical (unpaired) electrons. The summed E-state index contributed by atoms with van der Waals surface area (Å²) in [6, 6.07) is 22.9. The Kier molecular flexibility index (Phi) is 7.13. The van der Waals surface area contributed by atoms with Gasteiger partial charge in [0.1, 0.15) is 5.75 Å². The molecule has 152 valence electrons. The fourth-order valence-corrected chi connectivity index (χ4v) is 2.95. The van der Waals surface area contributed by atoms with E-state index in [1.54, 1.807) is 72.8 Å². The Morgan fingerprint density at radius 3 is 2.23 bits per heavy atom. The van der Waals surface area contributed by atoms with Crippen LogP contribution in [0.2, 0.25) is 0 Å². The third-order valence-electron chi connectivity index (χ3n) is 4.07. The maximum Gasteiger partial charge on any atom is 0.261 e. The van der Waals surface area contributed by atoms with Crippen LogP contribution in [0.25, 0.3) is 0 Å². The predicted octanol–water partition coefficient (Wildman–Crippen LogP) is 4.46. The first-order valence-corrected chi connectivity index (χ1v) is 9.78. The summed E-state index contributed by atoms with van der Waals surface area (Å²) in [7, 11) is 0. The largest absolute Gasteiger partial charge is 0.493 e. The highest BCUT2D eigenvalue weighted by molar-refractivity contribution is 7.80. The van der Waals surface area contributed by atoms with E-state index in [9.17, 15) is 9.59 Å². The number of nitrogens with one attached hydrogen (secondary N) is 3. The molecule has 2 amide bonds. The number of carbonyl (C=O) groups excluding carboxylic acids is 2.